The average Bonchev–Trinajstić information content (AvgIpc) is 2.37. The highest BCUT2D eigenvalue weighted by molar-refractivity contribution is 6.37. The van der Waals surface area contributed by atoms with E-state index in [1.54, 1.807) is 0 Å². The summed E-state index contributed by atoms with van der Waals surface area (Å²) in [6.45, 7) is 3.20. The summed E-state index contributed by atoms with van der Waals surface area (Å²) >= 11 is 11.8. The minimum atomic E-state index is -0.719. The van der Waals surface area contributed by atoms with E-state index < -0.39 is 11.0 Å². The Hall–Kier alpha value is -1.08. The van der Waals surface area contributed by atoms with Crippen molar-refractivity contribution in [3.63, 3.8) is 0 Å². The normalized spacial score (nSPS) is 12.2. The number of nitro benzene ring substituents is 1. The second-order valence-electron chi connectivity index (χ2n) is 4.16. The van der Waals surface area contributed by atoms with Crippen molar-refractivity contribution in [3.05, 3.63) is 32.3 Å². The summed E-state index contributed by atoms with van der Waals surface area (Å²) in [5, 5.41) is 23.4. The Kier molecular flexibility index (Phi) is 7.01. The molecule has 0 aliphatic carbocycles. The van der Waals surface area contributed by atoms with Crippen LogP contribution in [-0.2, 0) is 0 Å². The smallest absolute Gasteiger partial charge is 0.272 e. The van der Waals surface area contributed by atoms with Gasteiger partial charge >= 0.3 is 0 Å². The molecule has 2 N–H and O–H groups in total. The Bertz CT molecular complexity index is 448. The first-order valence-corrected chi connectivity index (χ1v) is 6.86. The molecule has 1 atom stereocenters. The van der Waals surface area contributed by atoms with Crippen LogP contribution in [-0.4, -0.2) is 35.8 Å². The summed E-state index contributed by atoms with van der Waals surface area (Å²) in [5.74, 6) is 0.133. The van der Waals surface area contributed by atoms with Gasteiger partial charge in [0.1, 0.15) is 12.7 Å². The van der Waals surface area contributed by atoms with E-state index in [2.05, 4.69) is 5.32 Å². The number of nitro groups is 1. The number of benzene rings is 1. The summed E-state index contributed by atoms with van der Waals surface area (Å²) in [6, 6.07) is 2.31. The van der Waals surface area contributed by atoms with Gasteiger partial charge in [0.05, 0.1) is 15.0 Å². The molecule has 1 aromatic rings. The molecule has 0 saturated carbocycles. The van der Waals surface area contributed by atoms with E-state index in [1.807, 2.05) is 6.92 Å². The first-order chi connectivity index (χ1) is 9.45. The van der Waals surface area contributed by atoms with Crippen LogP contribution < -0.4 is 10.1 Å². The van der Waals surface area contributed by atoms with Crippen molar-refractivity contribution in [2.75, 3.05) is 19.7 Å². The third kappa shape index (κ3) is 5.13. The molecule has 1 rings (SSSR count). The average molecular weight is 323 g/mol. The zero-order chi connectivity index (χ0) is 15.1. The van der Waals surface area contributed by atoms with Gasteiger partial charge in [-0.05, 0) is 13.0 Å². The van der Waals surface area contributed by atoms with Crippen molar-refractivity contribution in [1.29, 1.82) is 0 Å². The summed E-state index contributed by atoms with van der Waals surface area (Å²) in [6.07, 6.45) is 0.247. The number of aliphatic hydroxyl groups is 1. The predicted octanol–water partition coefficient (Wildman–Crippen LogP) is 2.64. The number of hydrogen-bond acceptors (Lipinski definition) is 5. The Morgan fingerprint density at radius 2 is 2.05 bits per heavy atom. The van der Waals surface area contributed by atoms with E-state index in [9.17, 15) is 15.2 Å². The van der Waals surface area contributed by atoms with Gasteiger partial charge < -0.3 is 15.2 Å². The maximum Gasteiger partial charge on any atom is 0.272 e. The first kappa shape index (κ1) is 17.0. The van der Waals surface area contributed by atoms with E-state index in [1.165, 1.54) is 0 Å². The molecule has 1 unspecified atom stereocenters. The summed E-state index contributed by atoms with van der Waals surface area (Å²) in [7, 11) is 0. The van der Waals surface area contributed by atoms with Gasteiger partial charge in [-0.25, -0.2) is 0 Å². The van der Waals surface area contributed by atoms with Crippen molar-refractivity contribution in [2.24, 2.45) is 0 Å². The van der Waals surface area contributed by atoms with Gasteiger partial charge in [0.2, 0.25) is 0 Å². The van der Waals surface area contributed by atoms with E-state index >= 15 is 0 Å². The number of halogens is 2. The Morgan fingerprint density at radius 1 is 1.45 bits per heavy atom. The molecule has 112 valence electrons. The minimum absolute atomic E-state index is 0.00599. The molecule has 8 heteroatoms. The zero-order valence-electron chi connectivity index (χ0n) is 10.9. The molecular formula is C12H16Cl2N2O4. The van der Waals surface area contributed by atoms with Gasteiger partial charge in [0.25, 0.3) is 5.69 Å². The maximum absolute atomic E-state index is 10.6. The van der Waals surface area contributed by atoms with Crippen molar-refractivity contribution in [2.45, 2.75) is 19.4 Å². The van der Waals surface area contributed by atoms with Crippen LogP contribution in [0.25, 0.3) is 0 Å². The molecule has 0 aliphatic rings. The minimum Gasteiger partial charge on any atom is -0.488 e. The lowest BCUT2D eigenvalue weighted by molar-refractivity contribution is -0.384. The zero-order valence-corrected chi connectivity index (χ0v) is 12.4. The number of nitrogens with one attached hydrogen (secondary N) is 1. The van der Waals surface area contributed by atoms with Crippen LogP contribution >= 0.6 is 23.2 Å². The molecule has 0 radical (unpaired) electrons. The Morgan fingerprint density at radius 3 is 2.55 bits per heavy atom. The second-order valence-corrected chi connectivity index (χ2v) is 4.98. The molecule has 6 nitrogen and oxygen atoms in total. The fraction of sp³-hybridized carbons (Fsp3) is 0.500. The topological polar surface area (TPSA) is 84.6 Å². The molecule has 0 saturated heterocycles. The van der Waals surface area contributed by atoms with E-state index in [4.69, 9.17) is 27.9 Å². The largest absolute Gasteiger partial charge is 0.488 e. The predicted molar refractivity (Wildman–Crippen MR) is 77.8 cm³/mol. The van der Waals surface area contributed by atoms with E-state index in [0.29, 0.717) is 6.54 Å². The highest BCUT2D eigenvalue weighted by atomic mass is 35.5. The lowest BCUT2D eigenvalue weighted by atomic mass is 10.3. The number of hydrogen-bond donors (Lipinski definition) is 2. The van der Waals surface area contributed by atoms with Crippen LogP contribution in [0.5, 0.6) is 5.75 Å². The van der Waals surface area contributed by atoms with Gasteiger partial charge in [-0.1, -0.05) is 30.1 Å². The lowest BCUT2D eigenvalue weighted by Gasteiger charge is -2.14. The maximum atomic E-state index is 10.6. The van der Waals surface area contributed by atoms with Crippen LogP contribution in [0.4, 0.5) is 5.69 Å². The number of ether oxygens (including phenoxy) is 1. The van der Waals surface area contributed by atoms with Crippen molar-refractivity contribution in [3.8, 4) is 5.75 Å². The number of nitrogens with zero attached hydrogens (tertiary/aromatic N) is 1. The Labute approximate surface area is 126 Å². The molecule has 0 aromatic heterocycles. The van der Waals surface area contributed by atoms with E-state index in [0.717, 1.165) is 25.1 Å². The van der Waals surface area contributed by atoms with Gasteiger partial charge in [0.15, 0.2) is 5.75 Å². The van der Waals surface area contributed by atoms with Gasteiger partial charge in [-0.2, -0.15) is 0 Å². The fourth-order valence-electron chi connectivity index (χ4n) is 1.47. The molecular weight excluding hydrogens is 307 g/mol. The standard InChI is InChI=1S/C12H16Cl2N2O4/c1-2-3-15-6-9(17)7-20-12-10(13)4-8(16(18)19)5-11(12)14/h4-5,9,15,17H,2-3,6-7H2,1H3. The molecule has 0 spiro atoms. The van der Waals surface area contributed by atoms with Crippen molar-refractivity contribution < 1.29 is 14.8 Å². The first-order valence-electron chi connectivity index (χ1n) is 6.10. The highest BCUT2D eigenvalue weighted by Crippen LogP contribution is 2.36. The van der Waals surface area contributed by atoms with Crippen LogP contribution in [0.15, 0.2) is 12.1 Å². The van der Waals surface area contributed by atoms with E-state index in [-0.39, 0.29) is 28.1 Å². The van der Waals surface area contributed by atoms with Gasteiger partial charge in [-0.15, -0.1) is 0 Å². The van der Waals surface area contributed by atoms with Gasteiger partial charge in [-0.3, -0.25) is 10.1 Å². The van der Waals surface area contributed by atoms with Crippen LogP contribution in [0.2, 0.25) is 10.0 Å². The van der Waals surface area contributed by atoms with Gasteiger partial charge in [0, 0.05) is 18.7 Å². The SMILES string of the molecule is CCCNCC(O)COc1c(Cl)cc([N+](=O)[O-])cc1Cl. The number of rotatable bonds is 8. The summed E-state index contributed by atoms with van der Waals surface area (Å²) in [4.78, 5) is 10.0. The lowest BCUT2D eigenvalue weighted by Crippen LogP contribution is -2.31. The van der Waals surface area contributed by atoms with Crippen LogP contribution in [0.3, 0.4) is 0 Å². The summed E-state index contributed by atoms with van der Waals surface area (Å²) < 4.78 is 5.32. The summed E-state index contributed by atoms with van der Waals surface area (Å²) in [5.41, 5.74) is -0.211. The molecule has 0 heterocycles. The van der Waals surface area contributed by atoms with Crippen molar-refractivity contribution >= 4 is 28.9 Å². The Balaban J connectivity index is 2.62. The fourth-order valence-corrected chi connectivity index (χ4v) is 2.06. The molecule has 0 aliphatic heterocycles. The molecule has 1 aromatic carbocycles. The third-order valence-electron chi connectivity index (χ3n) is 2.42. The molecule has 0 bridgehead atoms. The highest BCUT2D eigenvalue weighted by Gasteiger charge is 2.16. The molecule has 0 amide bonds. The number of aliphatic hydroxyl groups excluding tert-OH is 1. The van der Waals surface area contributed by atoms with Crippen molar-refractivity contribution in [1.82, 2.24) is 5.32 Å². The monoisotopic (exact) mass is 322 g/mol. The molecule has 0 fully saturated rings. The number of non-ortho nitro benzene ring substituents is 1. The quantitative estimate of drug-likeness (QED) is 0.436. The van der Waals surface area contributed by atoms with Crippen LogP contribution in [0, 0.1) is 10.1 Å². The van der Waals surface area contributed by atoms with Crippen LogP contribution in [0.1, 0.15) is 13.3 Å². The molecule has 20 heavy (non-hydrogen) atoms. The third-order valence-corrected chi connectivity index (χ3v) is 2.98. The second kappa shape index (κ2) is 8.26.